The summed E-state index contributed by atoms with van der Waals surface area (Å²) in [6.45, 7) is 0. The van der Waals surface area contributed by atoms with Crippen molar-refractivity contribution in [3.63, 3.8) is 0 Å². The first-order chi connectivity index (χ1) is 6.06. The quantitative estimate of drug-likeness (QED) is 0.646. The molecule has 1 aromatic carbocycles. The van der Waals surface area contributed by atoms with Crippen molar-refractivity contribution in [1.29, 1.82) is 0 Å². The van der Waals surface area contributed by atoms with Crippen LogP contribution in [0.5, 0.6) is 5.75 Å². The van der Waals surface area contributed by atoms with Gasteiger partial charge in [-0.05, 0) is 6.07 Å². The van der Waals surface area contributed by atoms with Crippen molar-refractivity contribution in [3.05, 3.63) is 29.3 Å². The standard InChI is InChI=1S/C8H5BrF2O2/c9-3-8(13)4-1-6(11)7(12)2-5(4)10/h1-2,12H,3H2. The second kappa shape index (κ2) is 3.83. The molecule has 0 aromatic heterocycles. The van der Waals surface area contributed by atoms with Gasteiger partial charge >= 0.3 is 0 Å². The van der Waals surface area contributed by atoms with Crippen molar-refractivity contribution in [2.75, 3.05) is 5.33 Å². The van der Waals surface area contributed by atoms with Crippen molar-refractivity contribution in [1.82, 2.24) is 0 Å². The number of halogens is 3. The summed E-state index contributed by atoms with van der Waals surface area (Å²) in [4.78, 5) is 11.0. The number of ketones is 1. The maximum atomic E-state index is 12.9. The summed E-state index contributed by atoms with van der Waals surface area (Å²) in [6, 6.07) is 1.25. The van der Waals surface area contributed by atoms with Crippen molar-refractivity contribution < 1.29 is 18.7 Å². The third-order valence-corrected chi connectivity index (χ3v) is 1.97. The van der Waals surface area contributed by atoms with Crippen molar-refractivity contribution >= 4 is 21.7 Å². The molecule has 0 unspecified atom stereocenters. The molecular formula is C8H5BrF2O2. The van der Waals surface area contributed by atoms with Gasteiger partial charge in [0.05, 0.1) is 10.9 Å². The normalized spacial score (nSPS) is 10.1. The number of alkyl halides is 1. The Kier molecular flexibility index (Phi) is 2.98. The maximum Gasteiger partial charge on any atom is 0.176 e. The molecule has 5 heteroatoms. The van der Waals surface area contributed by atoms with Crippen LogP contribution in [-0.2, 0) is 0 Å². The van der Waals surface area contributed by atoms with Gasteiger partial charge in [-0.1, -0.05) is 15.9 Å². The van der Waals surface area contributed by atoms with Gasteiger partial charge in [0.15, 0.2) is 17.3 Å². The highest BCUT2D eigenvalue weighted by molar-refractivity contribution is 9.09. The largest absolute Gasteiger partial charge is 0.505 e. The molecule has 0 amide bonds. The van der Waals surface area contributed by atoms with E-state index in [4.69, 9.17) is 5.11 Å². The summed E-state index contributed by atoms with van der Waals surface area (Å²) in [5.74, 6) is -3.31. The Morgan fingerprint density at radius 3 is 2.54 bits per heavy atom. The zero-order chi connectivity index (χ0) is 10.0. The number of carbonyl (C=O) groups is 1. The lowest BCUT2D eigenvalue weighted by atomic mass is 10.1. The van der Waals surface area contributed by atoms with Gasteiger partial charge < -0.3 is 5.11 Å². The van der Waals surface area contributed by atoms with Crippen molar-refractivity contribution in [2.24, 2.45) is 0 Å². The molecule has 1 aromatic rings. The summed E-state index contributed by atoms with van der Waals surface area (Å²) in [7, 11) is 0. The molecular weight excluding hydrogens is 246 g/mol. The van der Waals surface area contributed by atoms with Gasteiger partial charge in [0.1, 0.15) is 5.82 Å². The maximum absolute atomic E-state index is 12.9. The van der Waals surface area contributed by atoms with Crippen LogP contribution in [-0.4, -0.2) is 16.2 Å². The lowest BCUT2D eigenvalue weighted by Gasteiger charge is -2.01. The molecule has 1 rings (SSSR count). The van der Waals surface area contributed by atoms with E-state index in [0.717, 1.165) is 0 Å². The molecule has 0 atom stereocenters. The topological polar surface area (TPSA) is 37.3 Å². The van der Waals surface area contributed by atoms with Crippen LogP contribution in [0.25, 0.3) is 0 Å². The minimum atomic E-state index is -1.01. The lowest BCUT2D eigenvalue weighted by Crippen LogP contribution is -2.04. The molecule has 0 radical (unpaired) electrons. The summed E-state index contributed by atoms with van der Waals surface area (Å²) < 4.78 is 25.6. The van der Waals surface area contributed by atoms with Crippen LogP contribution in [0.1, 0.15) is 10.4 Å². The molecule has 0 saturated heterocycles. The third-order valence-electron chi connectivity index (χ3n) is 1.46. The molecule has 2 nitrogen and oxygen atoms in total. The van der Waals surface area contributed by atoms with E-state index in [1.54, 1.807) is 0 Å². The summed E-state index contributed by atoms with van der Waals surface area (Å²) in [6.07, 6.45) is 0. The van der Waals surface area contributed by atoms with Crippen molar-refractivity contribution in [2.45, 2.75) is 0 Å². The highest BCUT2D eigenvalue weighted by Gasteiger charge is 2.14. The molecule has 0 aliphatic rings. The fraction of sp³-hybridized carbons (Fsp3) is 0.125. The van der Waals surface area contributed by atoms with Gasteiger partial charge in [-0.15, -0.1) is 0 Å². The Hall–Kier alpha value is -0.970. The van der Waals surface area contributed by atoms with E-state index in [1.807, 2.05) is 0 Å². The number of phenols is 1. The zero-order valence-electron chi connectivity index (χ0n) is 6.35. The van der Waals surface area contributed by atoms with E-state index in [0.29, 0.717) is 12.1 Å². The molecule has 0 bridgehead atoms. The Morgan fingerprint density at radius 2 is 2.00 bits per heavy atom. The van der Waals surface area contributed by atoms with Crippen molar-refractivity contribution in [3.8, 4) is 5.75 Å². The molecule has 0 saturated carbocycles. The van der Waals surface area contributed by atoms with E-state index in [9.17, 15) is 13.6 Å². The highest BCUT2D eigenvalue weighted by atomic mass is 79.9. The molecule has 0 fully saturated rings. The Balaban J connectivity index is 3.23. The number of carbonyl (C=O) groups excluding carboxylic acids is 1. The Morgan fingerprint density at radius 1 is 1.38 bits per heavy atom. The smallest absolute Gasteiger partial charge is 0.176 e. The number of hydrogen-bond donors (Lipinski definition) is 1. The van der Waals surface area contributed by atoms with Gasteiger partial charge in [0.25, 0.3) is 0 Å². The van der Waals surface area contributed by atoms with E-state index in [-0.39, 0.29) is 10.9 Å². The van der Waals surface area contributed by atoms with Gasteiger partial charge in [-0.3, -0.25) is 4.79 Å². The summed E-state index contributed by atoms with van der Waals surface area (Å²) >= 11 is 2.83. The first kappa shape index (κ1) is 10.1. The SMILES string of the molecule is O=C(CBr)c1cc(F)c(O)cc1F. The van der Waals surface area contributed by atoms with Gasteiger partial charge in [-0.2, -0.15) is 0 Å². The van der Waals surface area contributed by atoms with Crippen LogP contribution in [0.3, 0.4) is 0 Å². The lowest BCUT2D eigenvalue weighted by molar-refractivity contribution is 0.101. The summed E-state index contributed by atoms with van der Waals surface area (Å²) in [5, 5.41) is 8.65. The average Bonchev–Trinajstić information content (AvgIpc) is 2.10. The Labute approximate surface area is 81.3 Å². The van der Waals surface area contributed by atoms with E-state index in [2.05, 4.69) is 15.9 Å². The van der Waals surface area contributed by atoms with Crippen LogP contribution < -0.4 is 0 Å². The zero-order valence-corrected chi connectivity index (χ0v) is 7.94. The highest BCUT2D eigenvalue weighted by Crippen LogP contribution is 2.20. The Bertz CT molecular complexity index is 352. The predicted octanol–water partition coefficient (Wildman–Crippen LogP) is 2.25. The number of Topliss-reactive ketones (excluding diaryl/α,β-unsaturated/α-hetero) is 1. The minimum absolute atomic E-state index is 0.0892. The molecule has 13 heavy (non-hydrogen) atoms. The number of aromatic hydroxyl groups is 1. The second-order valence-electron chi connectivity index (χ2n) is 2.34. The minimum Gasteiger partial charge on any atom is -0.505 e. The summed E-state index contributed by atoms with van der Waals surface area (Å²) in [5.41, 5.74) is -0.368. The monoisotopic (exact) mass is 250 g/mol. The second-order valence-corrected chi connectivity index (χ2v) is 2.90. The van der Waals surface area contributed by atoms with Crippen LogP contribution >= 0.6 is 15.9 Å². The van der Waals surface area contributed by atoms with Crippen LogP contribution in [0, 0.1) is 11.6 Å². The first-order valence-electron chi connectivity index (χ1n) is 3.33. The van der Waals surface area contributed by atoms with E-state index >= 15 is 0 Å². The van der Waals surface area contributed by atoms with Crippen LogP contribution in [0.4, 0.5) is 8.78 Å². The average molecular weight is 251 g/mol. The van der Waals surface area contributed by atoms with E-state index in [1.165, 1.54) is 0 Å². The van der Waals surface area contributed by atoms with Gasteiger partial charge in [0.2, 0.25) is 0 Å². The van der Waals surface area contributed by atoms with Crippen LogP contribution in [0.2, 0.25) is 0 Å². The van der Waals surface area contributed by atoms with Gasteiger partial charge in [-0.25, -0.2) is 8.78 Å². The number of rotatable bonds is 2. The first-order valence-corrected chi connectivity index (χ1v) is 4.45. The third kappa shape index (κ3) is 2.03. The molecule has 0 aliphatic heterocycles. The number of phenolic OH excluding ortho intramolecular Hbond substituents is 1. The van der Waals surface area contributed by atoms with Gasteiger partial charge in [0, 0.05) is 6.07 Å². The molecule has 0 heterocycles. The van der Waals surface area contributed by atoms with E-state index < -0.39 is 23.2 Å². The predicted molar refractivity (Wildman–Crippen MR) is 46.1 cm³/mol. The molecule has 70 valence electrons. The van der Waals surface area contributed by atoms with Crippen LogP contribution in [0.15, 0.2) is 12.1 Å². The number of hydrogen-bond acceptors (Lipinski definition) is 2. The fourth-order valence-corrected chi connectivity index (χ4v) is 1.12. The molecule has 0 spiro atoms. The fourth-order valence-electron chi connectivity index (χ4n) is 0.822. The number of benzene rings is 1. The molecule has 0 aliphatic carbocycles. The molecule has 1 N–H and O–H groups in total.